The highest BCUT2D eigenvalue weighted by Crippen LogP contribution is 2.73. The van der Waals surface area contributed by atoms with Gasteiger partial charge in [-0.3, -0.25) is 0 Å². The molecular formula is C17H28O2. The molecule has 2 bridgehead atoms. The van der Waals surface area contributed by atoms with E-state index in [9.17, 15) is 0 Å². The molecule has 108 valence electrons. The van der Waals surface area contributed by atoms with Crippen LogP contribution < -0.4 is 0 Å². The van der Waals surface area contributed by atoms with E-state index < -0.39 is 0 Å². The lowest BCUT2D eigenvalue weighted by Gasteiger charge is -2.55. The van der Waals surface area contributed by atoms with Crippen molar-refractivity contribution in [2.75, 3.05) is 6.61 Å². The Labute approximate surface area is 117 Å². The minimum atomic E-state index is -0.207. The Kier molecular flexibility index (Phi) is 2.37. The lowest BCUT2D eigenvalue weighted by atomic mass is 9.63. The first-order chi connectivity index (χ1) is 8.93. The van der Waals surface area contributed by atoms with Gasteiger partial charge in [-0.2, -0.15) is 0 Å². The normalized spacial score (nSPS) is 50.4. The third kappa shape index (κ3) is 1.35. The lowest BCUT2D eigenvalue weighted by molar-refractivity contribution is -0.350. The van der Waals surface area contributed by atoms with Gasteiger partial charge >= 0.3 is 0 Å². The van der Waals surface area contributed by atoms with Gasteiger partial charge in [-0.1, -0.05) is 20.8 Å². The minimum Gasteiger partial charge on any atom is -0.350 e. The maximum absolute atomic E-state index is 6.83. The Morgan fingerprint density at radius 1 is 0.947 bits per heavy atom. The topological polar surface area (TPSA) is 18.5 Å². The van der Waals surface area contributed by atoms with E-state index in [4.69, 9.17) is 9.47 Å². The van der Waals surface area contributed by atoms with Crippen LogP contribution in [-0.2, 0) is 9.47 Å². The zero-order valence-electron chi connectivity index (χ0n) is 12.8. The summed E-state index contributed by atoms with van der Waals surface area (Å²) in [6.45, 7) is 8.39. The van der Waals surface area contributed by atoms with Gasteiger partial charge in [0, 0.05) is 24.7 Å². The Balaban J connectivity index is 1.71. The van der Waals surface area contributed by atoms with Crippen molar-refractivity contribution in [2.24, 2.45) is 16.7 Å². The number of hydrogen-bond acceptors (Lipinski definition) is 2. The summed E-state index contributed by atoms with van der Waals surface area (Å²) >= 11 is 0. The SMILES string of the molecule is CC1(C)[C@@H]2CC[C@@]1(C)[C@@]1(CCOC3(CCCC3)O1)C2. The molecule has 1 heterocycles. The average Bonchev–Trinajstić information content (AvgIpc) is 2.92. The van der Waals surface area contributed by atoms with Crippen molar-refractivity contribution in [3.05, 3.63) is 0 Å². The Bertz CT molecular complexity index is 396. The molecule has 19 heavy (non-hydrogen) atoms. The van der Waals surface area contributed by atoms with Gasteiger partial charge in [-0.05, 0) is 43.4 Å². The summed E-state index contributed by atoms with van der Waals surface area (Å²) in [5.74, 6) is 0.649. The highest BCUT2D eigenvalue weighted by Gasteiger charge is 2.71. The molecule has 4 rings (SSSR count). The molecule has 0 aromatic heterocycles. The van der Waals surface area contributed by atoms with E-state index >= 15 is 0 Å². The van der Waals surface area contributed by atoms with E-state index in [1.807, 2.05) is 0 Å². The second-order valence-electron chi connectivity index (χ2n) is 8.31. The van der Waals surface area contributed by atoms with Gasteiger partial charge in [0.2, 0.25) is 0 Å². The molecule has 2 nitrogen and oxygen atoms in total. The molecule has 0 radical (unpaired) electrons. The predicted octanol–water partition coefficient (Wildman–Crippen LogP) is 4.28. The van der Waals surface area contributed by atoms with Crippen molar-refractivity contribution < 1.29 is 9.47 Å². The van der Waals surface area contributed by atoms with Crippen LogP contribution in [-0.4, -0.2) is 18.0 Å². The molecular weight excluding hydrogens is 236 g/mol. The molecule has 0 aromatic carbocycles. The summed E-state index contributed by atoms with van der Waals surface area (Å²) in [5, 5.41) is 0. The molecule has 0 aromatic rings. The molecule has 2 spiro atoms. The van der Waals surface area contributed by atoms with Crippen molar-refractivity contribution >= 4 is 0 Å². The highest BCUT2D eigenvalue weighted by atomic mass is 16.7. The molecule has 1 saturated heterocycles. The third-order valence-electron chi connectivity index (χ3n) is 7.64. The zero-order chi connectivity index (χ0) is 13.4. The largest absolute Gasteiger partial charge is 0.350 e. The monoisotopic (exact) mass is 264 g/mol. The Morgan fingerprint density at radius 3 is 2.26 bits per heavy atom. The third-order valence-corrected chi connectivity index (χ3v) is 7.64. The fraction of sp³-hybridized carbons (Fsp3) is 1.00. The van der Waals surface area contributed by atoms with Crippen LogP contribution >= 0.6 is 0 Å². The van der Waals surface area contributed by atoms with Crippen molar-refractivity contribution in [1.29, 1.82) is 0 Å². The van der Waals surface area contributed by atoms with Crippen LogP contribution in [0.2, 0.25) is 0 Å². The molecule has 3 saturated carbocycles. The molecule has 0 N–H and O–H groups in total. The van der Waals surface area contributed by atoms with Crippen LogP contribution in [0.5, 0.6) is 0 Å². The van der Waals surface area contributed by atoms with E-state index in [1.54, 1.807) is 0 Å². The van der Waals surface area contributed by atoms with E-state index in [0.29, 0.717) is 10.8 Å². The Morgan fingerprint density at radius 2 is 1.68 bits per heavy atom. The summed E-state index contributed by atoms with van der Waals surface area (Å²) in [6, 6.07) is 0. The highest BCUT2D eigenvalue weighted by molar-refractivity contribution is 5.19. The maximum Gasteiger partial charge on any atom is 0.169 e. The average molecular weight is 264 g/mol. The van der Waals surface area contributed by atoms with Crippen LogP contribution in [0.25, 0.3) is 0 Å². The van der Waals surface area contributed by atoms with Gasteiger partial charge in [-0.15, -0.1) is 0 Å². The van der Waals surface area contributed by atoms with Gasteiger partial charge in [0.05, 0.1) is 12.2 Å². The lowest BCUT2D eigenvalue weighted by Crippen LogP contribution is -2.58. The first-order valence-electron chi connectivity index (χ1n) is 8.27. The van der Waals surface area contributed by atoms with Crippen LogP contribution in [0.3, 0.4) is 0 Å². The van der Waals surface area contributed by atoms with E-state index in [2.05, 4.69) is 20.8 Å². The minimum absolute atomic E-state index is 0.113. The fourth-order valence-electron chi connectivity index (χ4n) is 5.92. The fourth-order valence-corrected chi connectivity index (χ4v) is 5.92. The summed E-state index contributed by atoms with van der Waals surface area (Å²) < 4.78 is 12.9. The molecule has 3 atom stereocenters. The quantitative estimate of drug-likeness (QED) is 0.650. The Hall–Kier alpha value is -0.0800. The van der Waals surface area contributed by atoms with E-state index in [0.717, 1.165) is 31.8 Å². The van der Waals surface area contributed by atoms with Gasteiger partial charge in [-0.25, -0.2) is 0 Å². The van der Waals surface area contributed by atoms with Crippen LogP contribution in [0.1, 0.15) is 72.1 Å². The van der Waals surface area contributed by atoms with Crippen molar-refractivity contribution in [3.8, 4) is 0 Å². The van der Waals surface area contributed by atoms with Gasteiger partial charge in [0.1, 0.15) is 0 Å². The first-order valence-corrected chi connectivity index (χ1v) is 8.27. The summed E-state index contributed by atoms with van der Waals surface area (Å²) in [7, 11) is 0. The molecule has 0 unspecified atom stereocenters. The van der Waals surface area contributed by atoms with Gasteiger partial charge < -0.3 is 9.47 Å². The summed E-state index contributed by atoms with van der Waals surface area (Å²) in [4.78, 5) is 0. The van der Waals surface area contributed by atoms with Gasteiger partial charge in [0.25, 0.3) is 0 Å². The number of fused-ring (bicyclic) bond motifs is 3. The molecule has 0 amide bonds. The molecule has 4 aliphatic rings. The molecule has 2 heteroatoms. The second-order valence-corrected chi connectivity index (χ2v) is 8.31. The first kappa shape index (κ1) is 12.6. The van der Waals surface area contributed by atoms with E-state index in [1.165, 1.54) is 32.1 Å². The smallest absolute Gasteiger partial charge is 0.169 e. The molecule has 1 aliphatic heterocycles. The second kappa shape index (κ2) is 3.57. The molecule has 4 fully saturated rings. The van der Waals surface area contributed by atoms with E-state index in [-0.39, 0.29) is 11.4 Å². The maximum atomic E-state index is 6.83. The zero-order valence-corrected chi connectivity index (χ0v) is 12.8. The van der Waals surface area contributed by atoms with Gasteiger partial charge in [0.15, 0.2) is 5.79 Å². The van der Waals surface area contributed by atoms with Crippen LogP contribution in [0.4, 0.5) is 0 Å². The van der Waals surface area contributed by atoms with Crippen LogP contribution in [0, 0.1) is 16.7 Å². The van der Waals surface area contributed by atoms with Crippen LogP contribution in [0.15, 0.2) is 0 Å². The number of rotatable bonds is 0. The van der Waals surface area contributed by atoms with Crippen molar-refractivity contribution in [1.82, 2.24) is 0 Å². The summed E-state index contributed by atoms with van der Waals surface area (Å²) in [5.41, 5.74) is 0.899. The summed E-state index contributed by atoms with van der Waals surface area (Å²) in [6.07, 6.45) is 9.95. The predicted molar refractivity (Wildman–Crippen MR) is 74.8 cm³/mol. The number of hydrogen-bond donors (Lipinski definition) is 0. The standard InChI is InChI=1S/C17H28O2/c1-14(2)13-6-9-15(14,3)16(12-13)10-11-18-17(19-16)7-4-5-8-17/h13H,4-12H2,1-3H3/t13-,15-,16-/m1/s1. The van der Waals surface area contributed by atoms with Crippen molar-refractivity contribution in [3.63, 3.8) is 0 Å². The number of ether oxygens (including phenoxy) is 2. The van der Waals surface area contributed by atoms with Crippen molar-refractivity contribution in [2.45, 2.75) is 83.5 Å². The molecule has 3 aliphatic carbocycles.